The first kappa shape index (κ1) is 15.4. The summed E-state index contributed by atoms with van der Waals surface area (Å²) in [6.45, 7) is 0.686. The van der Waals surface area contributed by atoms with Crippen LogP contribution >= 0.6 is 11.3 Å². The smallest absolute Gasteiger partial charge is 0.414 e. The Morgan fingerprint density at radius 1 is 1.39 bits per heavy atom. The maximum Gasteiger partial charge on any atom is 0.414 e. The number of carbonyl (C=O) groups is 2. The van der Waals surface area contributed by atoms with Crippen LogP contribution in [0.4, 0.5) is 10.5 Å². The molecule has 2 heterocycles. The molecule has 7 heteroatoms. The fraction of sp³-hybridized carbons (Fsp3) is 0.250. The number of benzene rings is 1. The zero-order valence-corrected chi connectivity index (χ0v) is 13.3. The second-order valence-corrected chi connectivity index (χ2v) is 5.95. The predicted octanol–water partition coefficient (Wildman–Crippen LogP) is 2.51. The second kappa shape index (κ2) is 6.70. The van der Waals surface area contributed by atoms with E-state index in [1.165, 1.54) is 11.3 Å². The summed E-state index contributed by atoms with van der Waals surface area (Å²) in [7, 11) is 1.59. The molecular weight excluding hydrogens is 316 g/mol. The van der Waals surface area contributed by atoms with Gasteiger partial charge in [0.1, 0.15) is 11.9 Å². The minimum absolute atomic E-state index is 0.154. The number of amides is 2. The Labute approximate surface area is 137 Å². The number of thiophene rings is 1. The highest BCUT2D eigenvalue weighted by Gasteiger charge is 2.32. The highest BCUT2D eigenvalue weighted by molar-refractivity contribution is 7.12. The summed E-state index contributed by atoms with van der Waals surface area (Å²) in [6, 6.07) is 10.7. The van der Waals surface area contributed by atoms with Crippen LogP contribution in [0.5, 0.6) is 5.75 Å². The molecule has 0 spiro atoms. The van der Waals surface area contributed by atoms with E-state index in [9.17, 15) is 9.59 Å². The van der Waals surface area contributed by atoms with Gasteiger partial charge in [-0.1, -0.05) is 6.07 Å². The van der Waals surface area contributed by atoms with E-state index in [0.717, 1.165) is 11.4 Å². The normalized spacial score (nSPS) is 17.0. The lowest BCUT2D eigenvalue weighted by molar-refractivity contribution is 0.0920. The van der Waals surface area contributed by atoms with Gasteiger partial charge in [-0.2, -0.15) is 0 Å². The van der Waals surface area contributed by atoms with Gasteiger partial charge in [-0.05, 0) is 35.7 Å². The number of cyclic esters (lactones) is 1. The van der Waals surface area contributed by atoms with E-state index >= 15 is 0 Å². The molecule has 1 aliphatic heterocycles. The van der Waals surface area contributed by atoms with Crippen LogP contribution in [0.15, 0.2) is 41.8 Å². The SMILES string of the molecule is COc1ccc(N2C[C@@H](CNC(=O)c3cccs3)OC2=O)cc1. The number of ether oxygens (including phenoxy) is 2. The minimum Gasteiger partial charge on any atom is -0.497 e. The van der Waals surface area contributed by atoms with E-state index in [4.69, 9.17) is 9.47 Å². The summed E-state index contributed by atoms with van der Waals surface area (Å²) in [5.74, 6) is 0.569. The molecule has 3 rings (SSSR count). The fourth-order valence-corrected chi connectivity index (χ4v) is 2.94. The number of hydrogen-bond donors (Lipinski definition) is 1. The van der Waals surface area contributed by atoms with Gasteiger partial charge in [-0.25, -0.2) is 4.79 Å². The van der Waals surface area contributed by atoms with Crippen LogP contribution in [0.2, 0.25) is 0 Å². The first-order valence-corrected chi connectivity index (χ1v) is 7.99. The second-order valence-electron chi connectivity index (χ2n) is 5.00. The van der Waals surface area contributed by atoms with Crippen molar-refractivity contribution in [1.82, 2.24) is 5.32 Å². The summed E-state index contributed by atoms with van der Waals surface area (Å²) in [5, 5.41) is 4.63. The van der Waals surface area contributed by atoms with E-state index < -0.39 is 6.09 Å². The predicted molar refractivity (Wildman–Crippen MR) is 87.3 cm³/mol. The Hall–Kier alpha value is -2.54. The molecule has 2 aromatic rings. The lowest BCUT2D eigenvalue weighted by atomic mass is 10.2. The van der Waals surface area contributed by atoms with Crippen molar-refractivity contribution in [3.63, 3.8) is 0 Å². The molecule has 1 saturated heterocycles. The Balaban J connectivity index is 1.57. The number of nitrogens with zero attached hydrogens (tertiary/aromatic N) is 1. The van der Waals surface area contributed by atoms with Crippen molar-refractivity contribution < 1.29 is 19.1 Å². The van der Waals surface area contributed by atoms with E-state index in [2.05, 4.69) is 5.32 Å². The number of hydrogen-bond acceptors (Lipinski definition) is 5. The molecule has 0 aliphatic carbocycles. The molecule has 2 amide bonds. The molecule has 1 aromatic carbocycles. The van der Waals surface area contributed by atoms with Crippen molar-refractivity contribution in [3.05, 3.63) is 46.7 Å². The van der Waals surface area contributed by atoms with Crippen molar-refractivity contribution in [2.24, 2.45) is 0 Å². The topological polar surface area (TPSA) is 67.9 Å². The number of methoxy groups -OCH3 is 1. The highest BCUT2D eigenvalue weighted by atomic mass is 32.1. The maximum absolute atomic E-state index is 12.0. The van der Waals surface area contributed by atoms with E-state index in [-0.39, 0.29) is 18.6 Å². The molecule has 0 saturated carbocycles. The van der Waals surface area contributed by atoms with Crippen LogP contribution in [0, 0.1) is 0 Å². The van der Waals surface area contributed by atoms with Crippen LogP contribution in [-0.4, -0.2) is 38.3 Å². The van der Waals surface area contributed by atoms with Gasteiger partial charge in [0, 0.05) is 5.69 Å². The van der Waals surface area contributed by atoms with Crippen molar-refractivity contribution in [2.75, 3.05) is 25.1 Å². The van der Waals surface area contributed by atoms with Crippen molar-refractivity contribution in [1.29, 1.82) is 0 Å². The van der Waals surface area contributed by atoms with Gasteiger partial charge >= 0.3 is 6.09 Å². The Morgan fingerprint density at radius 2 is 2.17 bits per heavy atom. The number of rotatable bonds is 5. The van der Waals surface area contributed by atoms with Gasteiger partial charge in [-0.15, -0.1) is 11.3 Å². The molecular formula is C16H16N2O4S. The molecule has 1 N–H and O–H groups in total. The quantitative estimate of drug-likeness (QED) is 0.913. The average Bonchev–Trinajstić information content (AvgIpc) is 3.22. The molecule has 1 aliphatic rings. The monoisotopic (exact) mass is 332 g/mol. The van der Waals surface area contributed by atoms with Crippen LogP contribution in [0.3, 0.4) is 0 Å². The summed E-state index contributed by atoms with van der Waals surface area (Å²) in [6.07, 6.45) is -0.779. The Kier molecular flexibility index (Phi) is 4.47. The van der Waals surface area contributed by atoms with Crippen LogP contribution in [0.25, 0.3) is 0 Å². The van der Waals surface area contributed by atoms with E-state index in [0.29, 0.717) is 11.4 Å². The molecule has 0 unspecified atom stereocenters. The minimum atomic E-state index is -0.412. The molecule has 6 nitrogen and oxygen atoms in total. The van der Waals surface area contributed by atoms with Crippen LogP contribution < -0.4 is 15.0 Å². The van der Waals surface area contributed by atoms with Crippen LogP contribution in [-0.2, 0) is 4.74 Å². The van der Waals surface area contributed by atoms with Crippen molar-refractivity contribution in [2.45, 2.75) is 6.10 Å². The highest BCUT2D eigenvalue weighted by Crippen LogP contribution is 2.24. The maximum atomic E-state index is 12.0. The molecule has 1 fully saturated rings. The fourth-order valence-electron chi connectivity index (χ4n) is 2.30. The van der Waals surface area contributed by atoms with Gasteiger partial charge in [0.25, 0.3) is 5.91 Å². The summed E-state index contributed by atoms with van der Waals surface area (Å²) < 4.78 is 10.4. The molecule has 0 bridgehead atoms. The molecule has 0 radical (unpaired) electrons. The van der Waals surface area contributed by atoms with Crippen molar-refractivity contribution in [3.8, 4) is 5.75 Å². The zero-order valence-electron chi connectivity index (χ0n) is 12.5. The molecule has 1 atom stereocenters. The molecule has 1 aromatic heterocycles. The third-order valence-electron chi connectivity index (χ3n) is 3.49. The first-order valence-electron chi connectivity index (χ1n) is 7.11. The summed E-state index contributed by atoms with van der Waals surface area (Å²) >= 11 is 1.37. The third-order valence-corrected chi connectivity index (χ3v) is 4.36. The standard InChI is InChI=1S/C16H16N2O4S/c1-21-12-6-4-11(5-7-12)18-10-13(22-16(18)20)9-17-15(19)14-3-2-8-23-14/h2-8,13H,9-10H2,1H3,(H,17,19)/t13-/m1/s1. The Morgan fingerprint density at radius 3 is 2.83 bits per heavy atom. The average molecular weight is 332 g/mol. The Bertz CT molecular complexity index is 685. The largest absolute Gasteiger partial charge is 0.497 e. The number of nitrogens with one attached hydrogen (secondary N) is 1. The van der Waals surface area contributed by atoms with Gasteiger partial charge in [-0.3, -0.25) is 9.69 Å². The third kappa shape index (κ3) is 3.45. The van der Waals surface area contributed by atoms with Crippen LogP contribution in [0.1, 0.15) is 9.67 Å². The van der Waals surface area contributed by atoms with Gasteiger partial charge in [0.05, 0.1) is 25.1 Å². The molecule has 120 valence electrons. The number of carbonyl (C=O) groups excluding carboxylic acids is 2. The lowest BCUT2D eigenvalue weighted by Crippen LogP contribution is -2.34. The van der Waals surface area contributed by atoms with Gasteiger partial charge in [0.15, 0.2) is 0 Å². The van der Waals surface area contributed by atoms with Gasteiger partial charge in [0.2, 0.25) is 0 Å². The first-order chi connectivity index (χ1) is 11.2. The van der Waals surface area contributed by atoms with Gasteiger partial charge < -0.3 is 14.8 Å². The van der Waals surface area contributed by atoms with Crippen molar-refractivity contribution >= 4 is 29.0 Å². The molecule has 23 heavy (non-hydrogen) atoms. The van der Waals surface area contributed by atoms with E-state index in [1.54, 1.807) is 42.3 Å². The summed E-state index contributed by atoms with van der Waals surface area (Å²) in [4.78, 5) is 26.1. The van der Waals surface area contributed by atoms with E-state index in [1.807, 2.05) is 11.4 Å². The summed E-state index contributed by atoms with van der Waals surface area (Å²) in [5.41, 5.74) is 0.739. The number of anilines is 1. The zero-order chi connectivity index (χ0) is 16.2. The lowest BCUT2D eigenvalue weighted by Gasteiger charge is -2.13.